The molecule has 0 aliphatic rings. The first kappa shape index (κ1) is 16.5. The van der Waals surface area contributed by atoms with Crippen LogP contribution in [0, 0.1) is 0 Å². The molecule has 26 heavy (non-hydrogen) atoms. The Labute approximate surface area is 159 Å². The molecule has 0 fully saturated rings. The second kappa shape index (κ2) is 7.10. The van der Waals surface area contributed by atoms with Gasteiger partial charge in [-0.15, -0.1) is 0 Å². The molecule has 0 bridgehead atoms. The van der Waals surface area contributed by atoms with Gasteiger partial charge in [0.1, 0.15) is 5.69 Å². The van der Waals surface area contributed by atoms with E-state index in [1.165, 1.54) is 0 Å². The molecule has 0 aliphatic heterocycles. The van der Waals surface area contributed by atoms with Gasteiger partial charge in [-0.05, 0) is 24.3 Å². The third-order valence-electron chi connectivity index (χ3n) is 4.01. The Balaban J connectivity index is 1.83. The van der Waals surface area contributed by atoms with Crippen LogP contribution in [0.15, 0.2) is 93.8 Å². The number of benzene rings is 3. The van der Waals surface area contributed by atoms with Crippen LogP contribution in [0.5, 0.6) is 0 Å². The number of carbonyl (C=O) groups excluding carboxylic acids is 1. The second-order valence-electron chi connectivity index (χ2n) is 5.76. The zero-order valence-electron chi connectivity index (χ0n) is 13.7. The summed E-state index contributed by atoms with van der Waals surface area (Å²) in [6.45, 7) is 0. The van der Waals surface area contributed by atoms with Crippen LogP contribution in [0.3, 0.4) is 0 Å². The van der Waals surface area contributed by atoms with Crippen molar-refractivity contribution in [3.05, 3.63) is 101 Å². The number of halogens is 1. The van der Waals surface area contributed by atoms with E-state index in [1.54, 1.807) is 12.1 Å². The van der Waals surface area contributed by atoms with Crippen molar-refractivity contribution in [2.45, 2.75) is 0 Å². The van der Waals surface area contributed by atoms with Crippen molar-refractivity contribution in [3.8, 4) is 22.6 Å². The van der Waals surface area contributed by atoms with E-state index in [0.717, 1.165) is 15.6 Å². The topological polar surface area (TPSA) is 43.1 Å². The van der Waals surface area contributed by atoms with Crippen LogP contribution in [-0.4, -0.2) is 10.8 Å². The second-order valence-corrected chi connectivity index (χ2v) is 6.68. The normalized spacial score (nSPS) is 10.7. The number of ketones is 1. The highest BCUT2D eigenvalue weighted by atomic mass is 79.9. The Morgan fingerprint density at radius 1 is 0.769 bits per heavy atom. The van der Waals surface area contributed by atoms with Gasteiger partial charge in [-0.25, -0.2) is 4.98 Å². The molecule has 1 heterocycles. The average Bonchev–Trinajstić information content (AvgIpc) is 3.15. The van der Waals surface area contributed by atoms with Crippen molar-refractivity contribution in [1.82, 2.24) is 4.98 Å². The molecule has 4 rings (SSSR count). The molecule has 3 nitrogen and oxygen atoms in total. The number of rotatable bonds is 4. The summed E-state index contributed by atoms with van der Waals surface area (Å²) < 4.78 is 6.84. The molecule has 0 unspecified atom stereocenters. The average molecular weight is 404 g/mol. The molecule has 0 N–H and O–H groups in total. The quantitative estimate of drug-likeness (QED) is 0.392. The van der Waals surface area contributed by atoms with Crippen LogP contribution in [0.25, 0.3) is 22.6 Å². The molecule has 4 aromatic rings. The van der Waals surface area contributed by atoms with Gasteiger partial charge in [0.05, 0.1) is 0 Å². The first-order chi connectivity index (χ1) is 12.7. The van der Waals surface area contributed by atoms with E-state index in [0.29, 0.717) is 17.0 Å². The van der Waals surface area contributed by atoms with Crippen LogP contribution >= 0.6 is 15.9 Å². The van der Waals surface area contributed by atoms with Crippen molar-refractivity contribution in [2.75, 3.05) is 0 Å². The molecule has 0 spiro atoms. The van der Waals surface area contributed by atoms with Gasteiger partial charge in [-0.1, -0.05) is 76.6 Å². The van der Waals surface area contributed by atoms with Crippen LogP contribution in [-0.2, 0) is 0 Å². The van der Waals surface area contributed by atoms with Gasteiger partial charge < -0.3 is 4.42 Å². The Kier molecular flexibility index (Phi) is 4.50. The largest absolute Gasteiger partial charge is 0.433 e. The summed E-state index contributed by atoms with van der Waals surface area (Å²) in [6.07, 6.45) is 0. The summed E-state index contributed by atoms with van der Waals surface area (Å²) in [7, 11) is 0. The van der Waals surface area contributed by atoms with Crippen LogP contribution < -0.4 is 0 Å². The Hall–Kier alpha value is -2.98. The van der Waals surface area contributed by atoms with E-state index in [9.17, 15) is 4.79 Å². The van der Waals surface area contributed by atoms with Gasteiger partial charge in [0.2, 0.25) is 5.78 Å². The van der Waals surface area contributed by atoms with E-state index in [-0.39, 0.29) is 11.7 Å². The number of hydrogen-bond donors (Lipinski definition) is 0. The smallest absolute Gasteiger partial charge is 0.269 e. The molecule has 1 aromatic heterocycles. The highest BCUT2D eigenvalue weighted by Crippen LogP contribution is 2.33. The highest BCUT2D eigenvalue weighted by Gasteiger charge is 2.22. The maximum Gasteiger partial charge on any atom is 0.269 e. The lowest BCUT2D eigenvalue weighted by molar-refractivity contribution is 0.100. The molecule has 126 valence electrons. The zero-order valence-corrected chi connectivity index (χ0v) is 15.3. The van der Waals surface area contributed by atoms with Crippen LogP contribution in [0.4, 0.5) is 0 Å². The first-order valence-corrected chi connectivity index (χ1v) is 8.93. The van der Waals surface area contributed by atoms with Crippen molar-refractivity contribution in [1.29, 1.82) is 0 Å². The van der Waals surface area contributed by atoms with E-state index in [2.05, 4.69) is 20.9 Å². The van der Waals surface area contributed by atoms with Crippen molar-refractivity contribution < 1.29 is 9.21 Å². The molecular formula is C22H14BrNO2. The zero-order chi connectivity index (χ0) is 17.9. The SMILES string of the molecule is O=C(c1ccc(Br)cc1)c1nc(-c2ccccc2)c(-c2ccccc2)o1. The van der Waals surface area contributed by atoms with E-state index < -0.39 is 0 Å². The van der Waals surface area contributed by atoms with Crippen LogP contribution in [0.2, 0.25) is 0 Å². The highest BCUT2D eigenvalue weighted by molar-refractivity contribution is 9.10. The number of aromatic nitrogens is 1. The predicted molar refractivity (Wildman–Crippen MR) is 105 cm³/mol. The summed E-state index contributed by atoms with van der Waals surface area (Å²) in [5.74, 6) is 0.444. The summed E-state index contributed by atoms with van der Waals surface area (Å²) in [6, 6.07) is 26.6. The molecule has 0 radical (unpaired) electrons. The summed E-state index contributed by atoms with van der Waals surface area (Å²) in [4.78, 5) is 17.3. The van der Waals surface area contributed by atoms with Gasteiger partial charge in [0.15, 0.2) is 5.76 Å². The number of carbonyl (C=O) groups is 1. The lowest BCUT2D eigenvalue weighted by atomic mass is 10.1. The molecule has 0 amide bonds. The van der Waals surface area contributed by atoms with E-state index in [1.807, 2.05) is 72.8 Å². The Morgan fingerprint density at radius 3 is 1.96 bits per heavy atom. The number of oxazole rings is 1. The Morgan fingerprint density at radius 2 is 1.35 bits per heavy atom. The molecule has 0 atom stereocenters. The fourth-order valence-corrected chi connectivity index (χ4v) is 2.98. The molecular weight excluding hydrogens is 390 g/mol. The minimum Gasteiger partial charge on any atom is -0.433 e. The van der Waals surface area contributed by atoms with Crippen molar-refractivity contribution in [3.63, 3.8) is 0 Å². The third-order valence-corrected chi connectivity index (χ3v) is 4.54. The molecule has 0 saturated carbocycles. The maximum atomic E-state index is 12.8. The van der Waals surface area contributed by atoms with Crippen molar-refractivity contribution >= 4 is 21.7 Å². The first-order valence-electron chi connectivity index (χ1n) is 8.14. The van der Waals surface area contributed by atoms with Gasteiger partial charge in [-0.2, -0.15) is 0 Å². The molecule has 0 aliphatic carbocycles. The van der Waals surface area contributed by atoms with Gasteiger partial charge in [0.25, 0.3) is 5.89 Å². The third kappa shape index (κ3) is 3.24. The molecule has 3 aromatic carbocycles. The lowest BCUT2D eigenvalue weighted by Gasteiger charge is -2.00. The lowest BCUT2D eigenvalue weighted by Crippen LogP contribution is -2.01. The maximum absolute atomic E-state index is 12.8. The van der Waals surface area contributed by atoms with Gasteiger partial charge in [0, 0.05) is 21.2 Å². The summed E-state index contributed by atoms with van der Waals surface area (Å²) in [5.41, 5.74) is 2.99. The fraction of sp³-hybridized carbons (Fsp3) is 0. The summed E-state index contributed by atoms with van der Waals surface area (Å²) in [5, 5.41) is 0. The fourth-order valence-electron chi connectivity index (χ4n) is 2.72. The van der Waals surface area contributed by atoms with Gasteiger partial charge >= 0.3 is 0 Å². The standard InChI is InChI=1S/C22H14BrNO2/c23-18-13-11-16(12-14-18)20(25)22-24-19(15-7-3-1-4-8-15)21(26-22)17-9-5-2-6-10-17/h1-14H. The minimum absolute atomic E-state index is 0.0880. The minimum atomic E-state index is -0.239. The number of hydrogen-bond acceptors (Lipinski definition) is 3. The number of nitrogens with zero attached hydrogens (tertiary/aromatic N) is 1. The molecule has 0 saturated heterocycles. The van der Waals surface area contributed by atoms with Crippen LogP contribution in [0.1, 0.15) is 16.2 Å². The van der Waals surface area contributed by atoms with Gasteiger partial charge in [-0.3, -0.25) is 4.79 Å². The van der Waals surface area contributed by atoms with E-state index in [4.69, 9.17) is 4.42 Å². The van der Waals surface area contributed by atoms with E-state index >= 15 is 0 Å². The monoisotopic (exact) mass is 403 g/mol. The molecule has 4 heteroatoms. The summed E-state index contributed by atoms with van der Waals surface area (Å²) >= 11 is 3.38. The predicted octanol–water partition coefficient (Wildman–Crippen LogP) is 6.00. The Bertz CT molecular complexity index is 982. The van der Waals surface area contributed by atoms with Crippen molar-refractivity contribution in [2.24, 2.45) is 0 Å².